The van der Waals surface area contributed by atoms with Gasteiger partial charge in [-0.2, -0.15) is 0 Å². The van der Waals surface area contributed by atoms with Crippen LogP contribution in [0.15, 0.2) is 18.2 Å². The molecule has 0 unspecified atom stereocenters. The SMILES string of the molecule is CCOC(=O)C(=O)c1[nH]c2cc(O)ccc2c1C. The van der Waals surface area contributed by atoms with Crippen molar-refractivity contribution >= 4 is 22.7 Å². The van der Waals surface area contributed by atoms with E-state index in [4.69, 9.17) is 0 Å². The molecular weight excluding hydrogens is 234 g/mol. The summed E-state index contributed by atoms with van der Waals surface area (Å²) in [5, 5.41) is 10.2. The van der Waals surface area contributed by atoms with E-state index in [0.717, 1.165) is 5.39 Å². The highest BCUT2D eigenvalue weighted by Gasteiger charge is 2.22. The molecule has 1 aromatic carbocycles. The van der Waals surface area contributed by atoms with Crippen molar-refractivity contribution in [1.82, 2.24) is 4.98 Å². The number of carbonyl (C=O) groups excluding carboxylic acids is 2. The Morgan fingerprint density at radius 3 is 2.78 bits per heavy atom. The first kappa shape index (κ1) is 12.2. The molecule has 1 aromatic heterocycles. The Balaban J connectivity index is 2.49. The van der Waals surface area contributed by atoms with Crippen LogP contribution in [0.4, 0.5) is 0 Å². The third-order valence-corrected chi connectivity index (χ3v) is 2.73. The number of phenolic OH excluding ortho intramolecular Hbond substituents is 1. The van der Waals surface area contributed by atoms with Crippen molar-refractivity contribution < 1.29 is 19.4 Å². The van der Waals surface area contributed by atoms with Gasteiger partial charge in [0.1, 0.15) is 5.75 Å². The second-order valence-electron chi connectivity index (χ2n) is 3.90. The van der Waals surface area contributed by atoms with Gasteiger partial charge in [-0.15, -0.1) is 0 Å². The van der Waals surface area contributed by atoms with E-state index in [1.165, 1.54) is 12.1 Å². The summed E-state index contributed by atoms with van der Waals surface area (Å²) in [7, 11) is 0. The minimum absolute atomic E-state index is 0.0962. The highest BCUT2D eigenvalue weighted by molar-refractivity contribution is 6.41. The van der Waals surface area contributed by atoms with E-state index in [-0.39, 0.29) is 18.1 Å². The number of phenols is 1. The normalized spacial score (nSPS) is 10.6. The minimum Gasteiger partial charge on any atom is -0.508 e. The maximum absolute atomic E-state index is 11.8. The highest BCUT2D eigenvalue weighted by Crippen LogP contribution is 2.25. The molecule has 5 heteroatoms. The quantitative estimate of drug-likeness (QED) is 0.493. The molecule has 5 nitrogen and oxygen atoms in total. The van der Waals surface area contributed by atoms with Crippen LogP contribution in [0.25, 0.3) is 10.9 Å². The largest absolute Gasteiger partial charge is 0.508 e. The number of aromatic nitrogens is 1. The molecule has 0 spiro atoms. The van der Waals surface area contributed by atoms with Gasteiger partial charge in [0.15, 0.2) is 0 Å². The Morgan fingerprint density at radius 2 is 2.11 bits per heavy atom. The van der Waals surface area contributed by atoms with Crippen LogP contribution in [0.1, 0.15) is 23.0 Å². The molecule has 2 rings (SSSR count). The Morgan fingerprint density at radius 1 is 1.39 bits per heavy atom. The van der Waals surface area contributed by atoms with Crippen LogP contribution in [-0.4, -0.2) is 28.4 Å². The topological polar surface area (TPSA) is 79.4 Å². The first-order valence-electron chi connectivity index (χ1n) is 5.57. The van der Waals surface area contributed by atoms with E-state index in [1.54, 1.807) is 19.9 Å². The summed E-state index contributed by atoms with van der Waals surface area (Å²) >= 11 is 0. The number of ketones is 1. The number of hydrogen-bond donors (Lipinski definition) is 2. The number of esters is 1. The molecule has 0 aliphatic carbocycles. The van der Waals surface area contributed by atoms with Gasteiger partial charge < -0.3 is 14.8 Å². The zero-order valence-electron chi connectivity index (χ0n) is 10.1. The maximum atomic E-state index is 11.8. The Bertz CT molecular complexity index is 627. The van der Waals surface area contributed by atoms with Gasteiger partial charge >= 0.3 is 5.97 Å². The number of benzene rings is 1. The van der Waals surface area contributed by atoms with Gasteiger partial charge in [0.25, 0.3) is 5.78 Å². The fourth-order valence-electron chi connectivity index (χ4n) is 1.85. The average Bonchev–Trinajstić information content (AvgIpc) is 2.65. The van der Waals surface area contributed by atoms with Crippen LogP contribution in [0.3, 0.4) is 0 Å². The summed E-state index contributed by atoms with van der Waals surface area (Å²) in [6.07, 6.45) is 0. The van der Waals surface area contributed by atoms with E-state index < -0.39 is 11.8 Å². The minimum atomic E-state index is -0.878. The smallest absolute Gasteiger partial charge is 0.381 e. The number of aromatic hydroxyl groups is 1. The summed E-state index contributed by atoms with van der Waals surface area (Å²) in [4.78, 5) is 26.1. The Labute approximate surface area is 103 Å². The standard InChI is InChI=1S/C13H13NO4/c1-3-18-13(17)12(16)11-7(2)9-5-4-8(15)6-10(9)14-11/h4-6,14-15H,3H2,1-2H3. The van der Waals surface area contributed by atoms with Crippen molar-refractivity contribution in [2.75, 3.05) is 6.61 Å². The fourth-order valence-corrected chi connectivity index (χ4v) is 1.85. The number of carbonyl (C=O) groups is 2. The monoisotopic (exact) mass is 247 g/mol. The number of rotatable bonds is 3. The van der Waals surface area contributed by atoms with Gasteiger partial charge in [-0.05, 0) is 31.5 Å². The number of hydrogen-bond acceptors (Lipinski definition) is 4. The number of aryl methyl sites for hydroxylation is 1. The van der Waals surface area contributed by atoms with Gasteiger partial charge in [0.2, 0.25) is 0 Å². The predicted molar refractivity (Wildman–Crippen MR) is 65.7 cm³/mol. The molecule has 0 atom stereocenters. The lowest BCUT2D eigenvalue weighted by Crippen LogP contribution is -2.18. The Hall–Kier alpha value is -2.30. The summed E-state index contributed by atoms with van der Waals surface area (Å²) in [6, 6.07) is 4.73. The van der Waals surface area contributed by atoms with Crippen molar-refractivity contribution in [3.05, 3.63) is 29.5 Å². The molecule has 0 bridgehead atoms. The first-order valence-corrected chi connectivity index (χ1v) is 5.57. The molecule has 0 fully saturated rings. The molecule has 2 N–H and O–H groups in total. The van der Waals surface area contributed by atoms with Crippen LogP contribution in [0, 0.1) is 6.92 Å². The molecule has 94 valence electrons. The number of fused-ring (bicyclic) bond motifs is 1. The molecule has 0 aliphatic heterocycles. The maximum Gasteiger partial charge on any atom is 0.381 e. The van der Waals surface area contributed by atoms with Crippen molar-refractivity contribution in [1.29, 1.82) is 0 Å². The van der Waals surface area contributed by atoms with Crippen molar-refractivity contribution in [2.45, 2.75) is 13.8 Å². The van der Waals surface area contributed by atoms with Crippen LogP contribution < -0.4 is 0 Å². The van der Waals surface area contributed by atoms with Crippen molar-refractivity contribution in [2.24, 2.45) is 0 Å². The number of H-pyrrole nitrogens is 1. The molecule has 2 aromatic rings. The zero-order chi connectivity index (χ0) is 13.3. The third kappa shape index (κ3) is 1.95. The number of nitrogens with one attached hydrogen (secondary N) is 1. The fraction of sp³-hybridized carbons (Fsp3) is 0.231. The molecule has 0 aliphatic rings. The molecular formula is C13H13NO4. The van der Waals surface area contributed by atoms with E-state index >= 15 is 0 Å². The van der Waals surface area contributed by atoms with Crippen LogP contribution in [0.2, 0.25) is 0 Å². The van der Waals surface area contributed by atoms with Crippen LogP contribution in [-0.2, 0) is 9.53 Å². The lowest BCUT2D eigenvalue weighted by Gasteiger charge is -1.99. The highest BCUT2D eigenvalue weighted by atomic mass is 16.5. The second kappa shape index (κ2) is 4.52. The summed E-state index contributed by atoms with van der Waals surface area (Å²) in [6.45, 7) is 3.54. The van der Waals surface area contributed by atoms with E-state index in [9.17, 15) is 14.7 Å². The van der Waals surface area contributed by atoms with Crippen LogP contribution in [0.5, 0.6) is 5.75 Å². The van der Waals surface area contributed by atoms with Gasteiger partial charge in [-0.3, -0.25) is 4.79 Å². The molecule has 0 radical (unpaired) electrons. The number of Topliss-reactive ketones (excluding diaryl/α,β-unsaturated/α-hetero) is 1. The predicted octanol–water partition coefficient (Wildman–Crippen LogP) is 1.93. The van der Waals surface area contributed by atoms with Crippen molar-refractivity contribution in [3.63, 3.8) is 0 Å². The van der Waals surface area contributed by atoms with Gasteiger partial charge in [-0.25, -0.2) is 4.79 Å². The number of aromatic amines is 1. The molecule has 18 heavy (non-hydrogen) atoms. The molecule has 1 heterocycles. The lowest BCUT2D eigenvalue weighted by atomic mass is 10.1. The van der Waals surface area contributed by atoms with Gasteiger partial charge in [0, 0.05) is 17.0 Å². The summed E-state index contributed by atoms with van der Waals surface area (Å²) in [5.74, 6) is -1.49. The number of ether oxygens (including phenoxy) is 1. The first-order chi connectivity index (χ1) is 8.54. The molecule has 0 saturated heterocycles. The average molecular weight is 247 g/mol. The van der Waals surface area contributed by atoms with Gasteiger partial charge in [-0.1, -0.05) is 0 Å². The zero-order valence-corrected chi connectivity index (χ0v) is 10.1. The van der Waals surface area contributed by atoms with Crippen molar-refractivity contribution in [3.8, 4) is 5.75 Å². The third-order valence-electron chi connectivity index (χ3n) is 2.73. The van der Waals surface area contributed by atoms with Crippen LogP contribution >= 0.6 is 0 Å². The van der Waals surface area contributed by atoms with E-state index in [2.05, 4.69) is 9.72 Å². The summed E-state index contributed by atoms with van der Waals surface area (Å²) < 4.78 is 4.67. The molecule has 0 saturated carbocycles. The molecule has 0 amide bonds. The van der Waals surface area contributed by atoms with Gasteiger partial charge in [0.05, 0.1) is 12.3 Å². The second-order valence-corrected chi connectivity index (χ2v) is 3.90. The lowest BCUT2D eigenvalue weighted by molar-refractivity contribution is -0.137. The van der Waals surface area contributed by atoms with E-state index in [1.807, 2.05) is 0 Å². The summed E-state index contributed by atoms with van der Waals surface area (Å²) in [5.41, 5.74) is 1.48. The Kier molecular flexibility index (Phi) is 3.06. The van der Waals surface area contributed by atoms with E-state index in [0.29, 0.717) is 11.1 Å².